The minimum Gasteiger partial charge on any atom is -0.489 e. The van der Waals surface area contributed by atoms with Crippen molar-refractivity contribution < 1.29 is 36.3 Å². The van der Waals surface area contributed by atoms with E-state index in [1.165, 1.54) is 12.1 Å². The molecule has 31 heavy (non-hydrogen) atoms. The molecule has 2 rings (SSSR count). The second kappa shape index (κ2) is 10.1. The summed E-state index contributed by atoms with van der Waals surface area (Å²) < 4.78 is 65.6. The first-order chi connectivity index (χ1) is 14.4. The first-order valence-corrected chi connectivity index (χ1v) is 11.1. The first-order valence-electron chi connectivity index (χ1n) is 9.26. The Kier molecular flexibility index (Phi) is 8.04. The van der Waals surface area contributed by atoms with Gasteiger partial charge in [0.1, 0.15) is 12.4 Å². The second-order valence-corrected chi connectivity index (χ2v) is 8.63. The minimum absolute atomic E-state index is 0.0972. The van der Waals surface area contributed by atoms with Gasteiger partial charge in [0.05, 0.1) is 17.9 Å². The third kappa shape index (κ3) is 7.23. The molecule has 0 saturated heterocycles. The van der Waals surface area contributed by atoms with E-state index in [0.717, 1.165) is 24.0 Å². The number of benzene rings is 2. The highest BCUT2D eigenvalue weighted by Crippen LogP contribution is 2.29. The number of sulfonamides is 1. The number of hydrogen-bond donors (Lipinski definition) is 2. The van der Waals surface area contributed by atoms with Crippen molar-refractivity contribution in [2.24, 2.45) is 0 Å². The molecule has 7 nitrogen and oxygen atoms in total. The molecular weight excluding hydrogens is 437 g/mol. The van der Waals surface area contributed by atoms with Gasteiger partial charge in [0.2, 0.25) is 0 Å². The predicted molar refractivity (Wildman–Crippen MR) is 107 cm³/mol. The molecule has 2 aromatic carbocycles. The van der Waals surface area contributed by atoms with Crippen LogP contribution in [-0.4, -0.2) is 36.3 Å². The zero-order valence-electron chi connectivity index (χ0n) is 16.9. The van der Waals surface area contributed by atoms with Crippen LogP contribution in [0, 0.1) is 0 Å². The lowest BCUT2D eigenvalue weighted by Crippen LogP contribution is -2.46. The van der Waals surface area contributed by atoms with Crippen molar-refractivity contribution in [2.75, 3.05) is 6.26 Å². The third-order valence-corrected chi connectivity index (χ3v) is 5.18. The Bertz CT molecular complexity index is 977. The quantitative estimate of drug-likeness (QED) is 0.440. The molecule has 11 heteroatoms. The molecule has 0 saturated carbocycles. The van der Waals surface area contributed by atoms with Gasteiger partial charge in [-0.2, -0.15) is 13.2 Å². The maximum Gasteiger partial charge on any atom is 0.416 e. The molecule has 0 fully saturated rings. The number of nitrogens with zero attached hydrogens (tertiary/aromatic N) is 1. The molecule has 0 spiro atoms. The number of alkyl halides is 3. The number of carbonyl (C=O) groups is 1. The van der Waals surface area contributed by atoms with Crippen LogP contribution in [0.1, 0.15) is 30.0 Å². The van der Waals surface area contributed by atoms with E-state index in [4.69, 9.17) is 4.74 Å². The summed E-state index contributed by atoms with van der Waals surface area (Å²) in [6.07, 6.45) is -3.40. The second-order valence-electron chi connectivity index (χ2n) is 6.81. The summed E-state index contributed by atoms with van der Waals surface area (Å²) in [6, 6.07) is 10.6. The molecule has 0 heterocycles. The van der Waals surface area contributed by atoms with Crippen molar-refractivity contribution in [2.45, 2.75) is 38.7 Å². The van der Waals surface area contributed by atoms with Crippen molar-refractivity contribution in [3.63, 3.8) is 0 Å². The molecule has 0 radical (unpaired) electrons. The summed E-state index contributed by atoms with van der Waals surface area (Å²) >= 11 is 0. The van der Waals surface area contributed by atoms with Gasteiger partial charge < -0.3 is 10.1 Å². The highest BCUT2D eigenvalue weighted by atomic mass is 32.2. The van der Waals surface area contributed by atoms with Crippen LogP contribution in [0.25, 0.3) is 0 Å². The lowest BCUT2D eigenvalue weighted by Gasteiger charge is -2.20. The fourth-order valence-corrected chi connectivity index (χ4v) is 3.06. The van der Waals surface area contributed by atoms with Crippen LogP contribution in [0.3, 0.4) is 0 Å². The Morgan fingerprint density at radius 1 is 1.10 bits per heavy atom. The lowest BCUT2D eigenvalue weighted by atomic mass is 10.1. The first kappa shape index (κ1) is 24.6. The summed E-state index contributed by atoms with van der Waals surface area (Å²) in [6.45, 7) is 2.00. The van der Waals surface area contributed by atoms with Crippen LogP contribution in [0.4, 0.5) is 13.2 Å². The summed E-state index contributed by atoms with van der Waals surface area (Å²) in [5.41, 5.74) is 0.636. The molecule has 2 aromatic rings. The third-order valence-electron chi connectivity index (χ3n) is 4.37. The Morgan fingerprint density at radius 3 is 2.13 bits per heavy atom. The van der Waals surface area contributed by atoms with Crippen molar-refractivity contribution in [3.05, 3.63) is 65.2 Å². The number of hydroxylamine groups is 1. The van der Waals surface area contributed by atoms with Crippen LogP contribution in [0.5, 0.6) is 5.75 Å². The molecule has 0 aliphatic rings. The minimum atomic E-state index is -4.38. The highest BCUT2D eigenvalue weighted by molar-refractivity contribution is 7.88. The van der Waals surface area contributed by atoms with E-state index in [1.807, 2.05) is 0 Å². The van der Waals surface area contributed by atoms with E-state index < -0.39 is 33.7 Å². The van der Waals surface area contributed by atoms with Crippen LogP contribution in [-0.2, 0) is 34.1 Å². The molecule has 1 unspecified atom stereocenters. The molecule has 1 atom stereocenters. The van der Waals surface area contributed by atoms with Gasteiger partial charge in [0.15, 0.2) is 0 Å². The molecular formula is C20H23F3N2O5S. The average Bonchev–Trinajstić information content (AvgIpc) is 2.71. The van der Waals surface area contributed by atoms with Crippen LogP contribution in [0.2, 0.25) is 0 Å². The number of carbonyl (C=O) groups excluding carboxylic acids is 1. The number of amides is 1. The largest absolute Gasteiger partial charge is 0.489 e. The van der Waals surface area contributed by atoms with Gasteiger partial charge in [-0.1, -0.05) is 31.2 Å². The van der Waals surface area contributed by atoms with Crippen LogP contribution < -0.4 is 10.1 Å². The maximum atomic E-state index is 12.6. The van der Waals surface area contributed by atoms with Gasteiger partial charge in [-0.15, -0.1) is 4.47 Å². The number of hydrogen-bond acceptors (Lipinski definition) is 6. The molecule has 0 aromatic heterocycles. The van der Waals surface area contributed by atoms with Crippen molar-refractivity contribution in [3.8, 4) is 5.75 Å². The van der Waals surface area contributed by atoms with Crippen LogP contribution in [0.15, 0.2) is 48.5 Å². The Morgan fingerprint density at radius 2 is 1.65 bits per heavy atom. The zero-order valence-corrected chi connectivity index (χ0v) is 17.7. The summed E-state index contributed by atoms with van der Waals surface area (Å²) in [5, 5.41) is 12.4. The predicted octanol–water partition coefficient (Wildman–Crippen LogP) is 3.33. The summed E-state index contributed by atoms with van der Waals surface area (Å²) in [5.74, 6) is -0.466. The maximum absolute atomic E-state index is 12.6. The molecule has 2 N–H and O–H groups in total. The van der Waals surface area contributed by atoms with Gasteiger partial charge in [0, 0.05) is 6.54 Å². The van der Waals surface area contributed by atoms with Gasteiger partial charge in [-0.3, -0.25) is 10.0 Å². The fraction of sp³-hybridized carbons (Fsp3) is 0.350. The number of nitrogens with one attached hydrogen (secondary N) is 1. The normalized spacial score (nSPS) is 13.0. The van der Waals surface area contributed by atoms with E-state index in [2.05, 4.69) is 5.32 Å². The number of rotatable bonds is 9. The molecule has 0 aliphatic heterocycles. The molecule has 0 aliphatic carbocycles. The van der Waals surface area contributed by atoms with E-state index in [9.17, 15) is 31.6 Å². The Balaban J connectivity index is 1.89. The topological polar surface area (TPSA) is 95.9 Å². The van der Waals surface area contributed by atoms with Crippen molar-refractivity contribution in [1.29, 1.82) is 0 Å². The number of ether oxygens (including phenoxy) is 1. The highest BCUT2D eigenvalue weighted by Gasteiger charge is 2.30. The van der Waals surface area contributed by atoms with Gasteiger partial charge in [0.25, 0.3) is 15.9 Å². The van der Waals surface area contributed by atoms with E-state index >= 15 is 0 Å². The van der Waals surface area contributed by atoms with Gasteiger partial charge >= 0.3 is 6.18 Å². The van der Waals surface area contributed by atoms with Crippen molar-refractivity contribution >= 4 is 15.9 Å². The summed E-state index contributed by atoms with van der Waals surface area (Å²) in [4.78, 5) is 12.0. The summed E-state index contributed by atoms with van der Waals surface area (Å²) in [7, 11) is -4.06. The standard InChI is InChI=1S/C20H23F3N2O5S/c1-3-18(19(26)25(27)31(2,28)29)24-12-14-6-10-17(11-7-14)30-13-15-4-8-16(9-5-15)20(21,22)23/h4-11,18,24,27H,3,12-13H2,1-2H3. The van der Waals surface area contributed by atoms with E-state index in [1.54, 1.807) is 31.2 Å². The SMILES string of the molecule is CCC(NCc1ccc(OCc2ccc(C(F)(F)F)cc2)cc1)C(=O)N(O)S(C)(=O)=O. The van der Waals surface area contributed by atoms with E-state index in [0.29, 0.717) is 11.3 Å². The molecule has 0 bridgehead atoms. The van der Waals surface area contributed by atoms with Crippen molar-refractivity contribution in [1.82, 2.24) is 9.79 Å². The monoisotopic (exact) mass is 460 g/mol. The Hall–Kier alpha value is -2.63. The number of halogens is 3. The average molecular weight is 460 g/mol. The lowest BCUT2D eigenvalue weighted by molar-refractivity contribution is -0.148. The molecule has 170 valence electrons. The molecule has 1 amide bonds. The fourth-order valence-electron chi connectivity index (χ4n) is 2.60. The van der Waals surface area contributed by atoms with Crippen LogP contribution >= 0.6 is 0 Å². The van der Waals surface area contributed by atoms with E-state index in [-0.39, 0.29) is 24.0 Å². The Labute approximate surface area is 178 Å². The smallest absolute Gasteiger partial charge is 0.416 e. The van der Waals surface area contributed by atoms with Gasteiger partial charge in [-0.05, 0) is 41.8 Å². The zero-order chi connectivity index (χ0) is 23.2. The van der Waals surface area contributed by atoms with Gasteiger partial charge in [-0.25, -0.2) is 8.42 Å².